The molecule has 1 fully saturated rings. The lowest BCUT2D eigenvalue weighted by Gasteiger charge is -2.34. The Morgan fingerprint density at radius 3 is 2.44 bits per heavy atom. The van der Waals surface area contributed by atoms with Crippen molar-refractivity contribution in [2.45, 2.75) is 44.6 Å². The van der Waals surface area contributed by atoms with Crippen molar-refractivity contribution in [1.82, 2.24) is 5.32 Å². The lowest BCUT2D eigenvalue weighted by atomic mass is 9.91. The van der Waals surface area contributed by atoms with Crippen LogP contribution in [0.3, 0.4) is 0 Å². The quantitative estimate of drug-likeness (QED) is 0.822. The first-order chi connectivity index (χ1) is 8.55. The first-order valence-electron chi connectivity index (χ1n) is 6.37. The van der Waals surface area contributed by atoms with Crippen molar-refractivity contribution in [2.24, 2.45) is 0 Å². The fourth-order valence-electron chi connectivity index (χ4n) is 2.61. The number of carbonyl (C=O) groups is 2. The summed E-state index contributed by atoms with van der Waals surface area (Å²) in [6.07, 6.45) is 3.78. The normalized spacial score (nSPS) is 22.9. The van der Waals surface area contributed by atoms with Crippen molar-refractivity contribution in [2.75, 3.05) is 11.5 Å². The van der Waals surface area contributed by atoms with Crippen LogP contribution in [0.5, 0.6) is 0 Å². The SMILES string of the molecule is CC1=C(C(=O)NC2(C(=O)O)CCSCC2)CCC1. The number of hydrogen-bond acceptors (Lipinski definition) is 3. The number of carboxylic acids is 1. The van der Waals surface area contributed by atoms with E-state index in [2.05, 4.69) is 5.32 Å². The topological polar surface area (TPSA) is 66.4 Å². The minimum Gasteiger partial charge on any atom is -0.480 e. The molecule has 0 aromatic heterocycles. The number of carbonyl (C=O) groups excluding carboxylic acids is 1. The van der Waals surface area contributed by atoms with Gasteiger partial charge in [0.25, 0.3) is 0 Å². The molecule has 2 N–H and O–H groups in total. The Morgan fingerprint density at radius 2 is 1.94 bits per heavy atom. The molecule has 5 heteroatoms. The summed E-state index contributed by atoms with van der Waals surface area (Å²) in [6, 6.07) is 0. The Kier molecular flexibility index (Phi) is 4.00. The molecule has 2 rings (SSSR count). The van der Waals surface area contributed by atoms with Crippen LogP contribution in [-0.4, -0.2) is 34.0 Å². The maximum absolute atomic E-state index is 12.2. The van der Waals surface area contributed by atoms with Gasteiger partial charge in [0.1, 0.15) is 5.54 Å². The van der Waals surface area contributed by atoms with Crippen LogP contribution in [0.2, 0.25) is 0 Å². The molecule has 0 aromatic rings. The molecule has 0 bridgehead atoms. The smallest absolute Gasteiger partial charge is 0.329 e. The number of carboxylic acid groups (broad SMARTS) is 1. The van der Waals surface area contributed by atoms with Gasteiger partial charge in [0.05, 0.1) is 0 Å². The van der Waals surface area contributed by atoms with E-state index in [9.17, 15) is 14.7 Å². The first kappa shape index (κ1) is 13.5. The zero-order valence-corrected chi connectivity index (χ0v) is 11.4. The van der Waals surface area contributed by atoms with Gasteiger partial charge in [-0.2, -0.15) is 11.8 Å². The van der Waals surface area contributed by atoms with E-state index in [0.29, 0.717) is 12.8 Å². The summed E-state index contributed by atoms with van der Waals surface area (Å²) < 4.78 is 0. The zero-order valence-electron chi connectivity index (χ0n) is 10.6. The van der Waals surface area contributed by atoms with E-state index in [1.54, 1.807) is 11.8 Å². The van der Waals surface area contributed by atoms with Gasteiger partial charge in [-0.25, -0.2) is 4.79 Å². The molecule has 0 unspecified atom stereocenters. The average molecular weight is 269 g/mol. The molecule has 1 aliphatic carbocycles. The van der Waals surface area contributed by atoms with Crippen LogP contribution in [-0.2, 0) is 9.59 Å². The third-order valence-corrected chi connectivity index (χ3v) is 4.86. The minimum absolute atomic E-state index is 0.167. The van der Waals surface area contributed by atoms with Crippen molar-refractivity contribution in [1.29, 1.82) is 0 Å². The standard InChI is InChI=1S/C13H19NO3S/c1-9-3-2-4-10(9)11(15)14-13(12(16)17)5-7-18-8-6-13/h2-8H2,1H3,(H,14,15)(H,16,17). The van der Waals surface area contributed by atoms with Gasteiger partial charge in [-0.3, -0.25) is 4.79 Å². The molecular formula is C13H19NO3S. The Bertz CT molecular complexity index is 397. The molecule has 100 valence electrons. The molecule has 2 aliphatic rings. The van der Waals surface area contributed by atoms with E-state index in [1.165, 1.54) is 0 Å². The van der Waals surface area contributed by atoms with Crippen molar-refractivity contribution in [3.05, 3.63) is 11.1 Å². The summed E-state index contributed by atoms with van der Waals surface area (Å²) in [4.78, 5) is 23.7. The maximum atomic E-state index is 12.2. The second-order valence-electron chi connectivity index (χ2n) is 5.07. The molecule has 1 aliphatic heterocycles. The molecule has 0 atom stereocenters. The van der Waals surface area contributed by atoms with Crippen molar-refractivity contribution < 1.29 is 14.7 Å². The predicted octanol–water partition coefficient (Wildman–Crippen LogP) is 1.95. The second kappa shape index (κ2) is 5.34. The molecule has 0 saturated carbocycles. The fourth-order valence-corrected chi connectivity index (χ4v) is 3.80. The molecule has 0 spiro atoms. The van der Waals surface area contributed by atoms with E-state index in [0.717, 1.165) is 41.9 Å². The van der Waals surface area contributed by atoms with Crippen molar-refractivity contribution in [3.8, 4) is 0 Å². The summed E-state index contributed by atoms with van der Waals surface area (Å²) in [6.45, 7) is 1.96. The van der Waals surface area contributed by atoms with Gasteiger partial charge >= 0.3 is 5.97 Å². The second-order valence-corrected chi connectivity index (χ2v) is 6.29. The molecule has 0 radical (unpaired) electrons. The number of amides is 1. The largest absolute Gasteiger partial charge is 0.480 e. The molecule has 1 heterocycles. The lowest BCUT2D eigenvalue weighted by molar-refractivity contribution is -0.147. The first-order valence-corrected chi connectivity index (χ1v) is 7.53. The van der Waals surface area contributed by atoms with Crippen LogP contribution in [0, 0.1) is 0 Å². The summed E-state index contributed by atoms with van der Waals surface area (Å²) in [5.41, 5.74) is 0.866. The van der Waals surface area contributed by atoms with Crippen LogP contribution in [0.25, 0.3) is 0 Å². The molecule has 1 saturated heterocycles. The van der Waals surface area contributed by atoms with Gasteiger partial charge in [-0.1, -0.05) is 5.57 Å². The lowest BCUT2D eigenvalue weighted by Crippen LogP contribution is -2.56. The van der Waals surface area contributed by atoms with Gasteiger partial charge in [0.2, 0.25) is 5.91 Å². The fraction of sp³-hybridized carbons (Fsp3) is 0.692. The Hall–Kier alpha value is -0.970. The van der Waals surface area contributed by atoms with Crippen molar-refractivity contribution in [3.63, 3.8) is 0 Å². The van der Waals surface area contributed by atoms with Crippen LogP contribution < -0.4 is 5.32 Å². The number of nitrogens with one attached hydrogen (secondary N) is 1. The molecular weight excluding hydrogens is 250 g/mol. The third-order valence-electron chi connectivity index (χ3n) is 3.88. The highest BCUT2D eigenvalue weighted by molar-refractivity contribution is 7.99. The summed E-state index contributed by atoms with van der Waals surface area (Å²) >= 11 is 1.75. The summed E-state index contributed by atoms with van der Waals surface area (Å²) in [5, 5.41) is 12.2. The average Bonchev–Trinajstić information content (AvgIpc) is 2.76. The van der Waals surface area contributed by atoms with E-state index in [4.69, 9.17) is 0 Å². The highest BCUT2D eigenvalue weighted by Crippen LogP contribution is 2.30. The molecule has 0 aromatic carbocycles. The number of aliphatic carboxylic acids is 1. The monoisotopic (exact) mass is 269 g/mol. The Morgan fingerprint density at radius 1 is 1.28 bits per heavy atom. The summed E-state index contributed by atoms with van der Waals surface area (Å²) in [5.74, 6) is 0.529. The number of thioether (sulfide) groups is 1. The predicted molar refractivity (Wildman–Crippen MR) is 71.6 cm³/mol. The van der Waals surface area contributed by atoms with E-state index in [1.807, 2.05) is 6.92 Å². The van der Waals surface area contributed by atoms with E-state index < -0.39 is 11.5 Å². The number of rotatable bonds is 3. The van der Waals surface area contributed by atoms with E-state index >= 15 is 0 Å². The van der Waals surface area contributed by atoms with Crippen LogP contribution in [0.1, 0.15) is 39.0 Å². The number of allylic oxidation sites excluding steroid dienone is 1. The van der Waals surface area contributed by atoms with Crippen LogP contribution >= 0.6 is 11.8 Å². The summed E-state index contributed by atoms with van der Waals surface area (Å²) in [7, 11) is 0. The van der Waals surface area contributed by atoms with Gasteiger partial charge in [0, 0.05) is 5.57 Å². The Labute approximate surface area is 111 Å². The van der Waals surface area contributed by atoms with E-state index in [-0.39, 0.29) is 5.91 Å². The maximum Gasteiger partial charge on any atom is 0.329 e. The van der Waals surface area contributed by atoms with Gasteiger partial charge < -0.3 is 10.4 Å². The van der Waals surface area contributed by atoms with Gasteiger partial charge in [0.15, 0.2) is 0 Å². The molecule has 4 nitrogen and oxygen atoms in total. The highest BCUT2D eigenvalue weighted by Gasteiger charge is 2.41. The van der Waals surface area contributed by atoms with Crippen molar-refractivity contribution >= 4 is 23.6 Å². The van der Waals surface area contributed by atoms with Gasteiger partial charge in [-0.05, 0) is 50.5 Å². The van der Waals surface area contributed by atoms with Crippen LogP contribution in [0.15, 0.2) is 11.1 Å². The third kappa shape index (κ3) is 2.55. The Balaban J connectivity index is 2.12. The van der Waals surface area contributed by atoms with Gasteiger partial charge in [-0.15, -0.1) is 0 Å². The van der Waals surface area contributed by atoms with Crippen LogP contribution in [0.4, 0.5) is 0 Å². The minimum atomic E-state index is -1.04. The number of hydrogen-bond donors (Lipinski definition) is 2. The highest BCUT2D eigenvalue weighted by atomic mass is 32.2. The molecule has 18 heavy (non-hydrogen) atoms. The molecule has 1 amide bonds. The zero-order chi connectivity index (χ0) is 13.2.